The molecule has 2 N–H and O–H groups in total. The molecule has 1 atom stereocenters. The minimum Gasteiger partial charge on any atom is -0.341 e. The molecule has 5 heteroatoms. The molecular formula is C13H18Cl2N2O. The van der Waals surface area contributed by atoms with E-state index < -0.39 is 0 Å². The molecule has 0 radical (unpaired) electrons. The normalized spacial score (nSPS) is 12.3. The first-order chi connectivity index (χ1) is 8.41. The van der Waals surface area contributed by atoms with Gasteiger partial charge in [-0.1, -0.05) is 35.3 Å². The number of amides is 1. The number of rotatable bonds is 5. The van der Waals surface area contributed by atoms with E-state index in [0.717, 1.165) is 5.56 Å². The maximum atomic E-state index is 11.8. The van der Waals surface area contributed by atoms with Crippen LogP contribution in [0.5, 0.6) is 0 Å². The number of nitrogens with zero attached hydrogens (tertiary/aromatic N) is 1. The van der Waals surface area contributed by atoms with Crippen molar-refractivity contribution < 1.29 is 4.79 Å². The fourth-order valence-electron chi connectivity index (χ4n) is 1.56. The molecule has 0 aliphatic heterocycles. The zero-order chi connectivity index (χ0) is 13.7. The predicted molar refractivity (Wildman–Crippen MR) is 75.8 cm³/mol. The van der Waals surface area contributed by atoms with Crippen LogP contribution in [0.4, 0.5) is 0 Å². The van der Waals surface area contributed by atoms with Crippen LogP contribution in [0, 0.1) is 0 Å². The van der Waals surface area contributed by atoms with Gasteiger partial charge in [0.05, 0.1) is 10.0 Å². The van der Waals surface area contributed by atoms with E-state index in [-0.39, 0.29) is 11.9 Å². The molecular weight excluding hydrogens is 271 g/mol. The summed E-state index contributed by atoms with van der Waals surface area (Å²) in [5.74, 6) is 0.0587. The summed E-state index contributed by atoms with van der Waals surface area (Å²) in [5, 5.41) is 1.01. The van der Waals surface area contributed by atoms with Crippen LogP contribution in [0.25, 0.3) is 0 Å². The molecule has 1 unspecified atom stereocenters. The highest BCUT2D eigenvalue weighted by Crippen LogP contribution is 2.26. The predicted octanol–water partition coefficient (Wildman–Crippen LogP) is 3.08. The van der Waals surface area contributed by atoms with Crippen molar-refractivity contribution >= 4 is 29.1 Å². The van der Waals surface area contributed by atoms with Crippen molar-refractivity contribution in [3.05, 3.63) is 33.8 Å². The van der Waals surface area contributed by atoms with Crippen molar-refractivity contribution in [3.8, 4) is 0 Å². The van der Waals surface area contributed by atoms with Gasteiger partial charge in [0.2, 0.25) is 5.91 Å². The maximum absolute atomic E-state index is 11.8. The van der Waals surface area contributed by atoms with Gasteiger partial charge in [-0.3, -0.25) is 4.79 Å². The minimum atomic E-state index is 0.0390. The first kappa shape index (κ1) is 15.3. The van der Waals surface area contributed by atoms with Crippen LogP contribution < -0.4 is 5.73 Å². The third-order valence-corrected chi connectivity index (χ3v) is 3.54. The highest BCUT2D eigenvalue weighted by molar-refractivity contribution is 6.42. The van der Waals surface area contributed by atoms with Crippen LogP contribution in [0.15, 0.2) is 18.2 Å². The number of carbonyl (C=O) groups is 1. The SMILES string of the molecule is CC(N)CCC(=O)N(C)Cc1cccc(Cl)c1Cl. The largest absolute Gasteiger partial charge is 0.341 e. The van der Waals surface area contributed by atoms with Crippen LogP contribution in [0.1, 0.15) is 25.3 Å². The van der Waals surface area contributed by atoms with Gasteiger partial charge in [0.15, 0.2) is 0 Å². The van der Waals surface area contributed by atoms with Crippen molar-refractivity contribution in [1.29, 1.82) is 0 Å². The number of carbonyl (C=O) groups excluding carboxylic acids is 1. The van der Waals surface area contributed by atoms with Gasteiger partial charge in [-0.25, -0.2) is 0 Å². The number of hydrogen-bond donors (Lipinski definition) is 1. The summed E-state index contributed by atoms with van der Waals surface area (Å²) in [6.07, 6.45) is 1.14. The zero-order valence-electron chi connectivity index (χ0n) is 10.6. The molecule has 0 fully saturated rings. The lowest BCUT2D eigenvalue weighted by Gasteiger charge is -2.18. The van der Waals surface area contributed by atoms with Gasteiger partial charge in [0, 0.05) is 26.1 Å². The summed E-state index contributed by atoms with van der Waals surface area (Å²) in [6, 6.07) is 5.45. The van der Waals surface area contributed by atoms with Crippen molar-refractivity contribution in [3.63, 3.8) is 0 Å². The second-order valence-electron chi connectivity index (χ2n) is 4.48. The molecule has 1 rings (SSSR count). The second kappa shape index (κ2) is 6.98. The summed E-state index contributed by atoms with van der Waals surface area (Å²) >= 11 is 12.0. The monoisotopic (exact) mass is 288 g/mol. The third kappa shape index (κ3) is 4.48. The number of nitrogens with two attached hydrogens (primary N) is 1. The lowest BCUT2D eigenvalue weighted by atomic mass is 10.1. The van der Waals surface area contributed by atoms with Gasteiger partial charge >= 0.3 is 0 Å². The topological polar surface area (TPSA) is 46.3 Å². The highest BCUT2D eigenvalue weighted by atomic mass is 35.5. The van der Waals surface area contributed by atoms with Crippen molar-refractivity contribution in [2.75, 3.05) is 7.05 Å². The molecule has 0 aliphatic rings. The molecule has 0 saturated carbocycles. The van der Waals surface area contributed by atoms with E-state index in [2.05, 4.69) is 0 Å². The van der Waals surface area contributed by atoms with E-state index in [4.69, 9.17) is 28.9 Å². The Morgan fingerprint density at radius 1 is 1.44 bits per heavy atom. The van der Waals surface area contributed by atoms with Crippen molar-refractivity contribution in [2.24, 2.45) is 5.73 Å². The molecule has 3 nitrogen and oxygen atoms in total. The Morgan fingerprint density at radius 3 is 2.72 bits per heavy atom. The standard InChI is InChI=1S/C13H18Cl2N2O/c1-9(16)6-7-12(18)17(2)8-10-4-3-5-11(14)13(10)15/h3-5,9H,6-8,16H2,1-2H3. The average Bonchev–Trinajstić information content (AvgIpc) is 2.31. The first-order valence-electron chi connectivity index (χ1n) is 5.84. The lowest BCUT2D eigenvalue weighted by Crippen LogP contribution is -2.28. The van der Waals surface area contributed by atoms with Crippen molar-refractivity contribution in [1.82, 2.24) is 4.90 Å². The molecule has 1 aromatic rings. The Morgan fingerprint density at radius 2 is 2.11 bits per heavy atom. The molecule has 1 aromatic carbocycles. The van der Waals surface area contributed by atoms with E-state index in [0.29, 0.717) is 29.4 Å². The van der Waals surface area contributed by atoms with Gasteiger partial charge in [-0.15, -0.1) is 0 Å². The summed E-state index contributed by atoms with van der Waals surface area (Å²) < 4.78 is 0. The Labute approximate surface area is 118 Å². The Hall–Kier alpha value is -0.770. The fourth-order valence-corrected chi connectivity index (χ4v) is 1.94. The summed E-state index contributed by atoms with van der Waals surface area (Å²) in [7, 11) is 1.75. The number of hydrogen-bond acceptors (Lipinski definition) is 2. The Bertz CT molecular complexity index is 421. The average molecular weight is 289 g/mol. The van der Waals surface area contributed by atoms with Crippen LogP contribution in [0.2, 0.25) is 10.0 Å². The number of halogens is 2. The van der Waals surface area contributed by atoms with E-state index in [1.165, 1.54) is 0 Å². The summed E-state index contributed by atoms with van der Waals surface area (Å²) in [6.45, 7) is 2.35. The van der Waals surface area contributed by atoms with Gasteiger partial charge in [-0.2, -0.15) is 0 Å². The molecule has 0 spiro atoms. The first-order valence-corrected chi connectivity index (χ1v) is 6.60. The van der Waals surface area contributed by atoms with Crippen LogP contribution in [-0.2, 0) is 11.3 Å². The van der Waals surface area contributed by atoms with Gasteiger partial charge in [0.25, 0.3) is 0 Å². The van der Waals surface area contributed by atoms with E-state index >= 15 is 0 Å². The van der Waals surface area contributed by atoms with E-state index in [1.807, 2.05) is 19.1 Å². The van der Waals surface area contributed by atoms with Gasteiger partial charge in [0.1, 0.15) is 0 Å². The minimum absolute atomic E-state index is 0.0390. The van der Waals surface area contributed by atoms with E-state index in [1.54, 1.807) is 18.0 Å². The highest BCUT2D eigenvalue weighted by Gasteiger charge is 2.12. The van der Waals surface area contributed by atoms with Gasteiger partial charge in [-0.05, 0) is 25.0 Å². The fraction of sp³-hybridized carbons (Fsp3) is 0.462. The Kier molecular flexibility index (Phi) is 5.93. The van der Waals surface area contributed by atoms with Crippen LogP contribution in [0.3, 0.4) is 0 Å². The quantitative estimate of drug-likeness (QED) is 0.905. The summed E-state index contributed by atoms with van der Waals surface area (Å²) in [4.78, 5) is 13.5. The molecule has 100 valence electrons. The molecule has 0 heterocycles. The van der Waals surface area contributed by atoms with Gasteiger partial charge < -0.3 is 10.6 Å². The molecule has 0 aromatic heterocycles. The maximum Gasteiger partial charge on any atom is 0.222 e. The van der Waals surface area contributed by atoms with Crippen LogP contribution in [-0.4, -0.2) is 23.9 Å². The van der Waals surface area contributed by atoms with E-state index in [9.17, 15) is 4.79 Å². The molecule has 18 heavy (non-hydrogen) atoms. The Balaban J connectivity index is 2.61. The molecule has 0 aliphatic carbocycles. The second-order valence-corrected chi connectivity index (χ2v) is 5.26. The molecule has 0 saturated heterocycles. The van der Waals surface area contributed by atoms with Crippen LogP contribution >= 0.6 is 23.2 Å². The molecule has 0 bridgehead atoms. The zero-order valence-corrected chi connectivity index (χ0v) is 12.1. The summed E-state index contributed by atoms with van der Waals surface area (Å²) in [5.41, 5.74) is 6.48. The lowest BCUT2D eigenvalue weighted by molar-refractivity contribution is -0.130. The smallest absolute Gasteiger partial charge is 0.222 e. The third-order valence-electron chi connectivity index (χ3n) is 2.68. The number of benzene rings is 1. The van der Waals surface area contributed by atoms with Crippen molar-refractivity contribution in [2.45, 2.75) is 32.4 Å². The molecule has 1 amide bonds.